The maximum absolute atomic E-state index is 12.0. The summed E-state index contributed by atoms with van der Waals surface area (Å²) in [6.45, 7) is 2.82. The monoisotopic (exact) mass is 237 g/mol. The highest BCUT2D eigenvalue weighted by Gasteiger charge is 2.30. The number of carbonyl (C=O) groups excluding carboxylic acids is 1. The van der Waals surface area contributed by atoms with Crippen molar-refractivity contribution in [3.05, 3.63) is 16.3 Å². The molecule has 1 saturated heterocycles. The van der Waals surface area contributed by atoms with E-state index in [1.54, 1.807) is 11.3 Å². The summed E-state index contributed by atoms with van der Waals surface area (Å²) >= 11 is 1.72. The van der Waals surface area contributed by atoms with E-state index < -0.39 is 0 Å². The Morgan fingerprint density at radius 2 is 2.19 bits per heavy atom. The number of rotatable bonds is 1. The third-order valence-electron chi connectivity index (χ3n) is 3.31. The first-order valence-electron chi connectivity index (χ1n) is 5.69. The van der Waals surface area contributed by atoms with Crippen LogP contribution in [0.4, 0.5) is 10.5 Å². The maximum Gasteiger partial charge on any atom is 0.322 e. The summed E-state index contributed by atoms with van der Waals surface area (Å²) in [5.74, 6) is 0. The average molecular weight is 237 g/mol. The number of hydrogen-bond acceptors (Lipinski definition) is 3. The molecule has 4 nitrogen and oxygen atoms in total. The second-order valence-corrected chi connectivity index (χ2v) is 5.30. The molecule has 0 radical (unpaired) electrons. The number of anilines is 1. The first kappa shape index (κ1) is 10.1. The molecule has 3 rings (SSSR count). The molecular weight excluding hydrogens is 222 g/mol. The van der Waals surface area contributed by atoms with Crippen molar-refractivity contribution in [3.63, 3.8) is 0 Å². The van der Waals surface area contributed by atoms with Gasteiger partial charge in [0.05, 0.1) is 12.2 Å². The van der Waals surface area contributed by atoms with Crippen molar-refractivity contribution in [2.75, 3.05) is 18.4 Å². The van der Waals surface area contributed by atoms with Crippen molar-refractivity contribution in [1.82, 2.24) is 10.2 Å². The van der Waals surface area contributed by atoms with Crippen LogP contribution in [0, 0.1) is 0 Å². The highest BCUT2D eigenvalue weighted by atomic mass is 32.1. The lowest BCUT2D eigenvalue weighted by molar-refractivity contribution is 0.164. The van der Waals surface area contributed by atoms with Crippen molar-refractivity contribution in [2.45, 2.75) is 25.4 Å². The third kappa shape index (κ3) is 1.70. The normalized spacial score (nSPS) is 21.8. The van der Waals surface area contributed by atoms with Crippen LogP contribution in [0.3, 0.4) is 0 Å². The van der Waals surface area contributed by atoms with Gasteiger partial charge in [0.15, 0.2) is 0 Å². The molecule has 0 spiro atoms. The van der Waals surface area contributed by atoms with Crippen LogP contribution >= 0.6 is 11.3 Å². The Hall–Kier alpha value is -1.07. The topological polar surface area (TPSA) is 44.4 Å². The van der Waals surface area contributed by atoms with Gasteiger partial charge in [-0.2, -0.15) is 0 Å². The Bertz CT molecular complexity index is 398. The molecule has 1 aromatic heterocycles. The summed E-state index contributed by atoms with van der Waals surface area (Å²) in [6.07, 6.45) is 2.13. The van der Waals surface area contributed by atoms with E-state index in [1.807, 2.05) is 16.3 Å². The Kier molecular flexibility index (Phi) is 2.57. The number of fused-ring (bicyclic) bond motifs is 1. The number of thiophene rings is 1. The predicted molar refractivity (Wildman–Crippen MR) is 64.8 cm³/mol. The average Bonchev–Trinajstić information content (AvgIpc) is 2.76. The zero-order valence-electron chi connectivity index (χ0n) is 9.03. The van der Waals surface area contributed by atoms with Gasteiger partial charge in [-0.1, -0.05) is 0 Å². The van der Waals surface area contributed by atoms with E-state index in [1.165, 1.54) is 4.88 Å². The van der Waals surface area contributed by atoms with Crippen LogP contribution < -0.4 is 10.6 Å². The summed E-state index contributed by atoms with van der Waals surface area (Å²) < 4.78 is 0. The highest BCUT2D eigenvalue weighted by molar-refractivity contribution is 7.10. The molecule has 0 atom stereocenters. The largest absolute Gasteiger partial charge is 0.322 e. The number of nitrogens with one attached hydrogen (secondary N) is 2. The molecule has 2 aliphatic rings. The Morgan fingerprint density at radius 1 is 1.38 bits per heavy atom. The molecule has 0 saturated carbocycles. The van der Waals surface area contributed by atoms with E-state index >= 15 is 0 Å². The highest BCUT2D eigenvalue weighted by Crippen LogP contribution is 2.30. The molecule has 16 heavy (non-hydrogen) atoms. The van der Waals surface area contributed by atoms with Gasteiger partial charge < -0.3 is 15.5 Å². The van der Waals surface area contributed by atoms with Crippen LogP contribution in [0.2, 0.25) is 0 Å². The van der Waals surface area contributed by atoms with Crippen LogP contribution in [-0.2, 0) is 6.54 Å². The lowest BCUT2D eigenvalue weighted by Crippen LogP contribution is -2.48. The first-order valence-corrected chi connectivity index (χ1v) is 6.57. The summed E-state index contributed by atoms with van der Waals surface area (Å²) in [6, 6.07) is 2.45. The Balaban J connectivity index is 1.79. The molecule has 1 fully saturated rings. The predicted octanol–water partition coefficient (Wildman–Crippen LogP) is 1.85. The van der Waals surface area contributed by atoms with Gasteiger partial charge in [-0.25, -0.2) is 4.79 Å². The van der Waals surface area contributed by atoms with E-state index in [4.69, 9.17) is 0 Å². The molecule has 0 aromatic carbocycles. The molecule has 0 aliphatic carbocycles. The summed E-state index contributed by atoms with van der Waals surface area (Å²) in [5.41, 5.74) is 1.00. The van der Waals surface area contributed by atoms with Crippen molar-refractivity contribution in [1.29, 1.82) is 0 Å². The first-order chi connectivity index (χ1) is 7.84. The molecule has 1 aromatic rings. The van der Waals surface area contributed by atoms with Gasteiger partial charge in [0.2, 0.25) is 0 Å². The van der Waals surface area contributed by atoms with Gasteiger partial charge in [-0.15, -0.1) is 11.3 Å². The number of urea groups is 1. The number of piperidine rings is 1. The standard InChI is InChI=1S/C11H15N3OS/c15-11-13-9-3-6-16-10(9)7-14(11)8-1-4-12-5-2-8/h3,6,8,12H,1-2,4-5,7H2,(H,13,15). The SMILES string of the molecule is O=C1Nc2ccsc2CN1C1CCNCC1. The fraction of sp³-hybridized carbons (Fsp3) is 0.545. The number of amides is 2. The van der Waals surface area contributed by atoms with E-state index in [9.17, 15) is 4.79 Å². The quantitative estimate of drug-likeness (QED) is 0.783. The second kappa shape index (κ2) is 4.07. The van der Waals surface area contributed by atoms with E-state index in [2.05, 4.69) is 10.6 Å². The molecule has 2 amide bonds. The Labute approximate surface area is 98.6 Å². The van der Waals surface area contributed by atoms with Crippen molar-refractivity contribution < 1.29 is 4.79 Å². The van der Waals surface area contributed by atoms with Crippen LogP contribution in [0.1, 0.15) is 17.7 Å². The van der Waals surface area contributed by atoms with Gasteiger partial charge in [-0.3, -0.25) is 0 Å². The molecule has 5 heteroatoms. The zero-order valence-corrected chi connectivity index (χ0v) is 9.85. The number of hydrogen-bond donors (Lipinski definition) is 2. The lowest BCUT2D eigenvalue weighted by Gasteiger charge is -2.36. The minimum absolute atomic E-state index is 0.0674. The molecule has 2 N–H and O–H groups in total. The van der Waals surface area contributed by atoms with Crippen molar-refractivity contribution >= 4 is 23.1 Å². The minimum Gasteiger partial charge on any atom is -0.317 e. The molecule has 2 aliphatic heterocycles. The fourth-order valence-electron chi connectivity index (χ4n) is 2.40. The molecule has 0 unspecified atom stereocenters. The van der Waals surface area contributed by atoms with Crippen LogP contribution in [-0.4, -0.2) is 30.1 Å². The fourth-order valence-corrected chi connectivity index (χ4v) is 3.23. The molecular formula is C11H15N3OS. The summed E-state index contributed by atoms with van der Waals surface area (Å²) in [5, 5.41) is 8.33. The zero-order chi connectivity index (χ0) is 11.0. The van der Waals surface area contributed by atoms with E-state index in [0.717, 1.165) is 38.2 Å². The van der Waals surface area contributed by atoms with E-state index in [-0.39, 0.29) is 6.03 Å². The van der Waals surface area contributed by atoms with Crippen LogP contribution in [0.15, 0.2) is 11.4 Å². The molecule has 0 bridgehead atoms. The third-order valence-corrected chi connectivity index (χ3v) is 4.22. The Morgan fingerprint density at radius 3 is 3.00 bits per heavy atom. The van der Waals surface area contributed by atoms with E-state index in [0.29, 0.717) is 6.04 Å². The van der Waals surface area contributed by atoms with Crippen LogP contribution in [0.25, 0.3) is 0 Å². The number of carbonyl (C=O) groups is 1. The van der Waals surface area contributed by atoms with Gasteiger partial charge >= 0.3 is 6.03 Å². The van der Waals surface area contributed by atoms with Gasteiger partial charge in [-0.05, 0) is 37.4 Å². The van der Waals surface area contributed by atoms with Crippen molar-refractivity contribution in [3.8, 4) is 0 Å². The van der Waals surface area contributed by atoms with Gasteiger partial charge in [0, 0.05) is 10.9 Å². The number of nitrogens with zero attached hydrogens (tertiary/aromatic N) is 1. The summed E-state index contributed by atoms with van der Waals surface area (Å²) in [4.78, 5) is 15.2. The molecule has 3 heterocycles. The smallest absolute Gasteiger partial charge is 0.317 e. The van der Waals surface area contributed by atoms with Gasteiger partial charge in [0.1, 0.15) is 0 Å². The summed E-state index contributed by atoms with van der Waals surface area (Å²) in [7, 11) is 0. The maximum atomic E-state index is 12.0. The molecule has 86 valence electrons. The van der Waals surface area contributed by atoms with Gasteiger partial charge in [0.25, 0.3) is 0 Å². The minimum atomic E-state index is 0.0674. The van der Waals surface area contributed by atoms with Crippen LogP contribution in [0.5, 0.6) is 0 Å². The lowest BCUT2D eigenvalue weighted by atomic mass is 10.0. The second-order valence-electron chi connectivity index (χ2n) is 4.30. The van der Waals surface area contributed by atoms with Crippen molar-refractivity contribution in [2.24, 2.45) is 0 Å².